The quantitative estimate of drug-likeness (QED) is 0.186. The van der Waals surface area contributed by atoms with E-state index in [1.54, 1.807) is 60.7 Å². The van der Waals surface area contributed by atoms with E-state index in [2.05, 4.69) is 16.0 Å². The maximum Gasteiger partial charge on any atom is 0.257 e. The van der Waals surface area contributed by atoms with E-state index in [4.69, 9.17) is 58.0 Å². The van der Waals surface area contributed by atoms with Crippen molar-refractivity contribution < 1.29 is 14.4 Å². The Kier molecular flexibility index (Phi) is 7.98. The Morgan fingerprint density at radius 1 is 0.865 bits per heavy atom. The van der Waals surface area contributed by atoms with Gasteiger partial charge < -0.3 is 20.7 Å². The number of carbonyl (C=O) groups is 3. The summed E-state index contributed by atoms with van der Waals surface area (Å²) >= 11 is 31.7. The number of anilines is 3. The summed E-state index contributed by atoms with van der Waals surface area (Å²) in [6.45, 7) is 1.50. The van der Waals surface area contributed by atoms with Gasteiger partial charge in [-0.3, -0.25) is 9.59 Å². The van der Waals surface area contributed by atoms with Crippen LogP contribution in [0.25, 0.3) is 0 Å². The molecule has 37 heavy (non-hydrogen) atoms. The molecular weight excluding hydrogens is 580 g/mol. The van der Waals surface area contributed by atoms with Crippen molar-refractivity contribution in [3.63, 3.8) is 0 Å². The van der Waals surface area contributed by atoms with Crippen LogP contribution in [0.15, 0.2) is 60.7 Å². The van der Waals surface area contributed by atoms with E-state index in [1.807, 2.05) is 0 Å². The molecule has 1 fully saturated rings. The molecule has 0 spiro atoms. The van der Waals surface area contributed by atoms with Gasteiger partial charge in [0.1, 0.15) is 10.6 Å². The van der Waals surface area contributed by atoms with Crippen LogP contribution in [-0.2, 0) is 9.59 Å². The average Bonchev–Trinajstić information content (AvgIpc) is 3.33. The second-order valence-corrected chi connectivity index (χ2v) is 11.3. The molecule has 2 amide bonds. The second-order valence-electron chi connectivity index (χ2n) is 8.68. The van der Waals surface area contributed by atoms with Crippen molar-refractivity contribution in [2.24, 2.45) is 5.41 Å². The van der Waals surface area contributed by atoms with Crippen LogP contribution < -0.4 is 16.0 Å². The van der Waals surface area contributed by atoms with Gasteiger partial charge in [-0.1, -0.05) is 58.0 Å². The minimum absolute atomic E-state index is 0.0889. The fourth-order valence-corrected chi connectivity index (χ4v) is 5.95. The number of halogens is 5. The maximum absolute atomic E-state index is 12.9. The van der Waals surface area contributed by atoms with Crippen LogP contribution in [0.2, 0.25) is 15.1 Å². The Hall–Kier alpha value is -2.48. The lowest BCUT2D eigenvalue weighted by Crippen LogP contribution is -2.23. The predicted octanol–water partition coefficient (Wildman–Crippen LogP) is 7.43. The highest BCUT2D eigenvalue weighted by Crippen LogP contribution is 2.73. The Morgan fingerprint density at radius 3 is 2.00 bits per heavy atom. The molecule has 192 valence electrons. The molecule has 3 aromatic carbocycles. The average molecular weight is 600 g/mol. The minimum Gasteiger partial charge on any atom is -0.384 e. The van der Waals surface area contributed by atoms with Crippen LogP contribution >= 0.6 is 58.0 Å². The van der Waals surface area contributed by atoms with Crippen molar-refractivity contribution in [3.05, 3.63) is 86.9 Å². The summed E-state index contributed by atoms with van der Waals surface area (Å²) < 4.78 is -1.38. The molecule has 11 heteroatoms. The molecule has 3 N–H and O–H groups in total. The number of benzene rings is 3. The molecule has 0 heterocycles. The third-order valence-electron chi connectivity index (χ3n) is 6.10. The number of amides is 2. The van der Waals surface area contributed by atoms with Crippen molar-refractivity contribution in [1.29, 1.82) is 0 Å². The lowest BCUT2D eigenvalue weighted by atomic mass is 10.00. The normalized spacial score (nSPS) is 19.6. The van der Waals surface area contributed by atoms with Gasteiger partial charge in [0, 0.05) is 46.5 Å². The topological polar surface area (TPSA) is 87.3 Å². The monoisotopic (exact) mass is 597 g/mol. The van der Waals surface area contributed by atoms with E-state index in [9.17, 15) is 14.4 Å². The zero-order valence-electron chi connectivity index (χ0n) is 19.2. The summed E-state index contributed by atoms with van der Waals surface area (Å²) in [6, 6.07) is 16.4. The summed E-state index contributed by atoms with van der Waals surface area (Å²) in [7, 11) is 0. The van der Waals surface area contributed by atoms with Crippen molar-refractivity contribution in [1.82, 2.24) is 0 Å². The summed E-state index contributed by atoms with van der Waals surface area (Å²) in [5.74, 6) is -1.17. The molecule has 1 aliphatic carbocycles. The zero-order valence-corrected chi connectivity index (χ0v) is 23.0. The van der Waals surface area contributed by atoms with E-state index >= 15 is 0 Å². The highest BCUT2D eigenvalue weighted by molar-refractivity contribution is 6.54. The summed E-state index contributed by atoms with van der Waals surface area (Å²) in [4.78, 5) is 36.3. The molecule has 6 nitrogen and oxygen atoms in total. The van der Waals surface area contributed by atoms with Gasteiger partial charge in [0.05, 0.1) is 16.0 Å². The number of hydrogen-bond acceptors (Lipinski definition) is 4. The van der Waals surface area contributed by atoms with Crippen LogP contribution in [0.1, 0.15) is 28.8 Å². The van der Waals surface area contributed by atoms with Gasteiger partial charge in [-0.2, -0.15) is 0 Å². The van der Waals surface area contributed by atoms with Crippen LogP contribution in [0.3, 0.4) is 0 Å². The SMILES string of the molecule is CC(=O)Nc1ccc(NC(=O)c2cc(NCC3(C=O)C(c4cc(Cl)cc(Cl)c4)C3(Cl)Cl)ccc2Cl)cc1. The Balaban J connectivity index is 1.49. The molecule has 0 saturated heterocycles. The minimum atomic E-state index is -1.38. The first-order chi connectivity index (χ1) is 17.5. The van der Waals surface area contributed by atoms with Crippen molar-refractivity contribution in [2.45, 2.75) is 17.2 Å². The fourth-order valence-electron chi connectivity index (χ4n) is 4.23. The number of hydrogen-bond donors (Lipinski definition) is 3. The van der Waals surface area contributed by atoms with Gasteiger partial charge in [0.25, 0.3) is 5.91 Å². The maximum atomic E-state index is 12.9. The van der Waals surface area contributed by atoms with Crippen LogP contribution in [0.5, 0.6) is 0 Å². The molecule has 0 aromatic heterocycles. The number of alkyl halides is 2. The van der Waals surface area contributed by atoms with Crippen LogP contribution in [0, 0.1) is 5.41 Å². The van der Waals surface area contributed by atoms with Crippen molar-refractivity contribution in [2.75, 3.05) is 22.5 Å². The first-order valence-electron chi connectivity index (χ1n) is 11.0. The highest BCUT2D eigenvalue weighted by Gasteiger charge is 2.76. The second kappa shape index (κ2) is 10.7. The van der Waals surface area contributed by atoms with Gasteiger partial charge >= 0.3 is 0 Å². The van der Waals surface area contributed by atoms with Crippen LogP contribution in [0.4, 0.5) is 17.1 Å². The lowest BCUT2D eigenvalue weighted by molar-refractivity contribution is -0.114. The molecule has 0 aliphatic heterocycles. The molecule has 1 aliphatic rings. The van der Waals surface area contributed by atoms with Crippen molar-refractivity contribution in [3.8, 4) is 0 Å². The van der Waals surface area contributed by atoms with Crippen molar-refractivity contribution >= 4 is 93.2 Å². The first kappa shape index (κ1) is 27.6. The molecule has 1 saturated carbocycles. The zero-order chi connectivity index (χ0) is 27.0. The van der Waals surface area contributed by atoms with Gasteiger partial charge in [-0.05, 0) is 66.2 Å². The first-order valence-corrected chi connectivity index (χ1v) is 12.9. The molecular formula is C26H20Cl5N3O3. The lowest BCUT2D eigenvalue weighted by Gasteiger charge is -2.15. The highest BCUT2D eigenvalue weighted by atomic mass is 35.5. The molecule has 0 radical (unpaired) electrons. The van der Waals surface area contributed by atoms with E-state index in [1.165, 1.54) is 6.92 Å². The van der Waals surface area contributed by atoms with Gasteiger partial charge in [-0.15, -0.1) is 0 Å². The third-order valence-corrected chi connectivity index (χ3v) is 8.01. The largest absolute Gasteiger partial charge is 0.384 e. The molecule has 4 rings (SSSR count). The third kappa shape index (κ3) is 5.69. The summed E-state index contributed by atoms with van der Waals surface area (Å²) in [5.41, 5.74) is 1.37. The fraction of sp³-hybridized carbons (Fsp3) is 0.192. The summed E-state index contributed by atoms with van der Waals surface area (Å²) in [6.07, 6.45) is 0.730. The number of aldehydes is 1. The molecule has 2 unspecified atom stereocenters. The van der Waals surface area contributed by atoms with E-state index in [0.29, 0.717) is 32.7 Å². The Labute approximate surface area is 238 Å². The smallest absolute Gasteiger partial charge is 0.257 e. The Bertz CT molecular complexity index is 1360. The van der Waals surface area contributed by atoms with Gasteiger partial charge in [0.15, 0.2) is 0 Å². The number of nitrogens with one attached hydrogen (secondary N) is 3. The van der Waals surface area contributed by atoms with E-state index < -0.39 is 21.6 Å². The Morgan fingerprint density at radius 2 is 1.43 bits per heavy atom. The number of carbonyl (C=O) groups excluding carboxylic acids is 3. The summed E-state index contributed by atoms with van der Waals surface area (Å²) in [5, 5.41) is 9.63. The number of rotatable bonds is 8. The van der Waals surface area contributed by atoms with E-state index in [0.717, 1.165) is 6.29 Å². The van der Waals surface area contributed by atoms with Crippen LogP contribution in [-0.4, -0.2) is 29.0 Å². The predicted molar refractivity (Wildman–Crippen MR) is 151 cm³/mol. The standard InChI is InChI=1S/C26H20Cl5N3O3/c1-14(36)33-18-2-4-19(5-3-18)34-24(37)21-11-20(6-7-22(21)29)32-12-25(13-35)23(26(25,30)31)15-8-16(27)10-17(28)9-15/h2-11,13,23,32H,12H2,1H3,(H,33,36)(H,34,37). The van der Waals surface area contributed by atoms with Gasteiger partial charge in [0.2, 0.25) is 5.91 Å². The molecule has 3 aromatic rings. The van der Waals surface area contributed by atoms with Gasteiger partial charge in [-0.25, -0.2) is 0 Å². The molecule has 2 atom stereocenters. The molecule has 0 bridgehead atoms. The van der Waals surface area contributed by atoms with E-state index in [-0.39, 0.29) is 23.0 Å².